The van der Waals surface area contributed by atoms with Gasteiger partial charge in [-0.1, -0.05) is 0 Å². The summed E-state index contributed by atoms with van der Waals surface area (Å²) in [5, 5.41) is 22.6. The molecule has 0 saturated carbocycles. The van der Waals surface area contributed by atoms with E-state index < -0.39 is 22.4 Å². The number of hydrogen-bond donors (Lipinski definition) is 2. The van der Waals surface area contributed by atoms with Crippen molar-refractivity contribution in [2.75, 3.05) is 23.3 Å². The highest BCUT2D eigenvalue weighted by atomic mass is 19.4. The number of nitrogens with one attached hydrogen (secondary N) is 2. The van der Waals surface area contributed by atoms with E-state index in [4.69, 9.17) is 0 Å². The first-order valence-corrected chi connectivity index (χ1v) is 9.11. The van der Waals surface area contributed by atoms with Gasteiger partial charge in [0.1, 0.15) is 5.69 Å². The molecular weight excluding hydrogens is 387 g/mol. The molecule has 1 saturated heterocycles. The Bertz CT molecular complexity index is 1050. The van der Waals surface area contributed by atoms with Crippen LogP contribution in [0.15, 0.2) is 42.6 Å². The fourth-order valence-corrected chi connectivity index (χ4v) is 3.70. The Balaban J connectivity index is 1.55. The fraction of sp³-hybridized carbons (Fsp3) is 0.316. The molecule has 7 nitrogen and oxygen atoms in total. The predicted octanol–water partition coefficient (Wildman–Crippen LogP) is 4.57. The van der Waals surface area contributed by atoms with Gasteiger partial charge in [0.25, 0.3) is 5.69 Å². The van der Waals surface area contributed by atoms with Gasteiger partial charge in [0.2, 0.25) is 0 Å². The lowest BCUT2D eigenvalue weighted by molar-refractivity contribution is -0.384. The fourth-order valence-electron chi connectivity index (χ4n) is 3.70. The number of benzene rings is 2. The lowest BCUT2D eigenvalue weighted by Crippen LogP contribution is -2.42. The van der Waals surface area contributed by atoms with Gasteiger partial charge in [-0.25, -0.2) is 0 Å². The summed E-state index contributed by atoms with van der Waals surface area (Å²) in [4.78, 5) is 12.4. The number of anilines is 2. The van der Waals surface area contributed by atoms with E-state index in [0.717, 1.165) is 35.5 Å². The number of rotatable bonds is 4. The van der Waals surface area contributed by atoms with Crippen molar-refractivity contribution in [1.29, 1.82) is 0 Å². The first-order valence-electron chi connectivity index (χ1n) is 9.11. The summed E-state index contributed by atoms with van der Waals surface area (Å²) in [7, 11) is 0. The number of alkyl halides is 3. The molecule has 4 rings (SSSR count). The zero-order valence-corrected chi connectivity index (χ0v) is 15.2. The molecule has 2 N–H and O–H groups in total. The molecule has 29 heavy (non-hydrogen) atoms. The monoisotopic (exact) mass is 405 g/mol. The molecule has 1 unspecified atom stereocenters. The van der Waals surface area contributed by atoms with Gasteiger partial charge < -0.3 is 10.2 Å². The SMILES string of the molecule is O=[N+]([O-])c1cc(C(F)(F)F)ccc1N1CCCC(Nc2ccc3[nH]ncc3c2)C1. The van der Waals surface area contributed by atoms with Crippen molar-refractivity contribution >= 4 is 28.0 Å². The average molecular weight is 405 g/mol. The van der Waals surface area contributed by atoms with Crippen LogP contribution in [0.25, 0.3) is 10.9 Å². The number of nitro groups is 1. The second-order valence-electron chi connectivity index (χ2n) is 7.06. The van der Waals surface area contributed by atoms with E-state index in [9.17, 15) is 23.3 Å². The first-order chi connectivity index (χ1) is 13.8. The zero-order valence-electron chi connectivity index (χ0n) is 15.2. The number of piperidine rings is 1. The van der Waals surface area contributed by atoms with Gasteiger partial charge >= 0.3 is 6.18 Å². The van der Waals surface area contributed by atoms with Gasteiger partial charge in [0, 0.05) is 36.3 Å². The number of aromatic amines is 1. The van der Waals surface area contributed by atoms with Crippen molar-refractivity contribution in [3.05, 3.63) is 58.3 Å². The molecule has 3 aromatic rings. The zero-order chi connectivity index (χ0) is 20.6. The van der Waals surface area contributed by atoms with Crippen LogP contribution in [-0.2, 0) is 6.18 Å². The summed E-state index contributed by atoms with van der Waals surface area (Å²) in [5.74, 6) is 0. The first kappa shape index (κ1) is 19.0. The van der Waals surface area contributed by atoms with Crippen molar-refractivity contribution in [2.24, 2.45) is 0 Å². The van der Waals surface area contributed by atoms with Crippen LogP contribution in [0.3, 0.4) is 0 Å². The van der Waals surface area contributed by atoms with Gasteiger partial charge in [0.15, 0.2) is 0 Å². The third kappa shape index (κ3) is 3.96. The summed E-state index contributed by atoms with van der Waals surface area (Å²) in [6, 6.07) is 8.49. The van der Waals surface area contributed by atoms with Crippen LogP contribution < -0.4 is 10.2 Å². The van der Waals surface area contributed by atoms with Crippen molar-refractivity contribution in [3.8, 4) is 0 Å². The standard InChI is InChI=1S/C19H18F3N5O2/c20-19(21,22)13-3-6-17(18(9-13)27(28)29)26-7-1-2-15(11-26)24-14-4-5-16-12(8-14)10-23-25-16/h3-6,8-10,15,24H,1-2,7,11H2,(H,23,25). The van der Waals surface area contributed by atoms with E-state index in [0.29, 0.717) is 19.2 Å². The van der Waals surface area contributed by atoms with Crippen molar-refractivity contribution in [3.63, 3.8) is 0 Å². The van der Waals surface area contributed by atoms with E-state index in [1.807, 2.05) is 18.2 Å². The lowest BCUT2D eigenvalue weighted by atomic mass is 10.0. The van der Waals surface area contributed by atoms with Gasteiger partial charge in [0.05, 0.1) is 22.2 Å². The van der Waals surface area contributed by atoms with Crippen LogP contribution >= 0.6 is 0 Å². The second-order valence-corrected chi connectivity index (χ2v) is 7.06. The van der Waals surface area contributed by atoms with E-state index in [1.165, 1.54) is 6.07 Å². The number of hydrogen-bond acceptors (Lipinski definition) is 5. The number of H-pyrrole nitrogens is 1. The molecule has 0 spiro atoms. The summed E-state index contributed by atoms with van der Waals surface area (Å²) in [6.45, 7) is 1.00. The topological polar surface area (TPSA) is 87.1 Å². The molecule has 1 aromatic heterocycles. The number of nitro benzene ring substituents is 1. The maximum Gasteiger partial charge on any atom is 0.416 e. The van der Waals surface area contributed by atoms with E-state index in [2.05, 4.69) is 15.5 Å². The maximum absolute atomic E-state index is 12.9. The van der Waals surface area contributed by atoms with Crippen LogP contribution in [0.2, 0.25) is 0 Å². The molecule has 0 aliphatic carbocycles. The summed E-state index contributed by atoms with van der Waals surface area (Å²) >= 11 is 0. The Kier molecular flexibility index (Phi) is 4.77. The molecule has 0 amide bonds. The number of aromatic nitrogens is 2. The highest BCUT2D eigenvalue weighted by molar-refractivity contribution is 5.81. The van der Waals surface area contributed by atoms with Crippen molar-refractivity contribution < 1.29 is 18.1 Å². The molecule has 0 radical (unpaired) electrons. The quantitative estimate of drug-likeness (QED) is 0.490. The second kappa shape index (κ2) is 7.26. The predicted molar refractivity (Wildman–Crippen MR) is 103 cm³/mol. The van der Waals surface area contributed by atoms with E-state index in [1.54, 1.807) is 11.1 Å². The third-order valence-electron chi connectivity index (χ3n) is 5.07. The van der Waals surface area contributed by atoms with Gasteiger partial charge in [-0.2, -0.15) is 18.3 Å². The van der Waals surface area contributed by atoms with Crippen molar-refractivity contribution in [2.45, 2.75) is 25.1 Å². The smallest absolute Gasteiger partial charge is 0.381 e. The molecule has 10 heteroatoms. The Labute approximate surface area is 163 Å². The third-order valence-corrected chi connectivity index (χ3v) is 5.07. The summed E-state index contributed by atoms with van der Waals surface area (Å²) in [6.07, 6.45) is -1.28. The lowest BCUT2D eigenvalue weighted by Gasteiger charge is -2.35. The molecule has 2 aromatic carbocycles. The molecule has 1 aliphatic heterocycles. The van der Waals surface area contributed by atoms with Crippen LogP contribution in [0, 0.1) is 10.1 Å². The van der Waals surface area contributed by atoms with E-state index >= 15 is 0 Å². The summed E-state index contributed by atoms with van der Waals surface area (Å²) < 4.78 is 38.8. The normalized spacial score (nSPS) is 17.5. The number of fused-ring (bicyclic) bond motifs is 1. The molecule has 0 bridgehead atoms. The number of nitrogens with zero attached hydrogens (tertiary/aromatic N) is 3. The summed E-state index contributed by atoms with van der Waals surface area (Å²) in [5.41, 5.74) is 0.474. The van der Waals surface area contributed by atoms with Gasteiger partial charge in [-0.05, 0) is 43.2 Å². The van der Waals surface area contributed by atoms with Crippen molar-refractivity contribution in [1.82, 2.24) is 10.2 Å². The maximum atomic E-state index is 12.9. The van der Waals surface area contributed by atoms with Gasteiger partial charge in [-0.3, -0.25) is 15.2 Å². The van der Waals surface area contributed by atoms with E-state index in [-0.39, 0.29) is 11.7 Å². The molecule has 1 aliphatic rings. The molecule has 2 heterocycles. The molecule has 1 atom stereocenters. The van der Waals surface area contributed by atoms with Crippen LogP contribution in [0.4, 0.5) is 30.2 Å². The Hall–Kier alpha value is -3.30. The molecular formula is C19H18F3N5O2. The highest BCUT2D eigenvalue weighted by Crippen LogP contribution is 2.37. The minimum absolute atomic E-state index is 0.00926. The van der Waals surface area contributed by atoms with Gasteiger partial charge in [-0.15, -0.1) is 0 Å². The molecule has 1 fully saturated rings. The highest BCUT2D eigenvalue weighted by Gasteiger charge is 2.34. The van der Waals surface area contributed by atoms with Crippen LogP contribution in [0.1, 0.15) is 18.4 Å². The number of halogens is 3. The average Bonchev–Trinajstić information content (AvgIpc) is 3.15. The Morgan fingerprint density at radius 2 is 2.07 bits per heavy atom. The molecule has 152 valence electrons. The Morgan fingerprint density at radius 3 is 2.83 bits per heavy atom. The minimum atomic E-state index is -4.62. The minimum Gasteiger partial charge on any atom is -0.381 e. The van der Waals surface area contributed by atoms with Crippen LogP contribution in [0.5, 0.6) is 0 Å². The largest absolute Gasteiger partial charge is 0.416 e. The Morgan fingerprint density at radius 1 is 1.24 bits per heavy atom. The van der Waals surface area contributed by atoms with Crippen LogP contribution in [-0.4, -0.2) is 34.3 Å².